The minimum absolute atomic E-state index is 0.400. The van der Waals surface area contributed by atoms with Gasteiger partial charge in [-0.2, -0.15) is 0 Å². The number of hydrogen-bond acceptors (Lipinski definition) is 2. The molecule has 0 aromatic heterocycles. The van der Waals surface area contributed by atoms with Crippen molar-refractivity contribution in [2.45, 2.75) is 10.0 Å². The number of aliphatic hydroxyl groups is 1. The first-order valence-corrected chi connectivity index (χ1v) is 5.13. The Balaban J connectivity index is 3.17. The summed E-state index contributed by atoms with van der Waals surface area (Å²) in [5, 5.41) is 8.84. The zero-order chi connectivity index (χ0) is 5.21. The van der Waals surface area contributed by atoms with Gasteiger partial charge >= 0.3 is 59.6 Å². The molecule has 0 aliphatic rings. The molecule has 1 atom stereocenters. The van der Waals surface area contributed by atoms with Gasteiger partial charge in [0, 0.05) is 0 Å². The molecule has 1 nitrogen and oxygen atoms in total. The molecule has 6 heavy (non-hydrogen) atoms. The van der Waals surface area contributed by atoms with E-state index >= 15 is 0 Å². The van der Waals surface area contributed by atoms with Crippen LogP contribution >= 0.6 is 12.6 Å². The van der Waals surface area contributed by atoms with Gasteiger partial charge < -0.3 is 0 Å². The summed E-state index contributed by atoms with van der Waals surface area (Å²) in [4.78, 5) is 0. The van der Waals surface area contributed by atoms with Crippen LogP contribution < -0.4 is 0 Å². The van der Waals surface area contributed by atoms with Crippen molar-refractivity contribution < 1.29 is 31.2 Å². The second-order valence-electron chi connectivity index (χ2n) is 1.66. The van der Waals surface area contributed by atoms with Crippen molar-refractivity contribution in [2.75, 3.05) is 5.75 Å². The number of thiol groups is 1. The standard InChI is InChI=1S/C3H7OS.Hg/c1-3(4)2-5;/h4-5H,2H2,1H3;. The van der Waals surface area contributed by atoms with E-state index in [4.69, 9.17) is 5.11 Å². The molecule has 0 amide bonds. The Labute approximate surface area is 59.5 Å². The maximum absolute atomic E-state index is 8.84. The molecule has 0 spiro atoms. The Morgan fingerprint density at radius 1 is 2.00 bits per heavy atom. The molecule has 0 aromatic carbocycles. The molecular weight excluding hydrogens is 285 g/mol. The molecule has 0 saturated heterocycles. The van der Waals surface area contributed by atoms with Crippen molar-refractivity contribution in [3.63, 3.8) is 0 Å². The summed E-state index contributed by atoms with van der Waals surface area (Å²) in [6.07, 6.45) is 0. The molecule has 0 aliphatic carbocycles. The average molecular weight is 292 g/mol. The Bertz CT molecular complexity index is 40.5. The second-order valence-corrected chi connectivity index (χ2v) is 7.89. The predicted molar refractivity (Wildman–Crippen MR) is 24.5 cm³/mol. The van der Waals surface area contributed by atoms with Crippen molar-refractivity contribution in [1.82, 2.24) is 0 Å². The van der Waals surface area contributed by atoms with Gasteiger partial charge in [0.05, 0.1) is 0 Å². The molecule has 1 unspecified atom stereocenters. The number of rotatable bonds is 1. The van der Waals surface area contributed by atoms with E-state index < -0.39 is 3.11 Å². The van der Waals surface area contributed by atoms with Gasteiger partial charge in [-0.25, -0.2) is 0 Å². The van der Waals surface area contributed by atoms with E-state index in [9.17, 15) is 0 Å². The second kappa shape index (κ2) is 2.53. The van der Waals surface area contributed by atoms with E-state index in [0.717, 1.165) is 0 Å². The molecule has 0 rings (SSSR count). The van der Waals surface area contributed by atoms with Crippen molar-refractivity contribution in [3.8, 4) is 0 Å². The Kier molecular flexibility index (Phi) is 3.05. The van der Waals surface area contributed by atoms with Crippen LogP contribution in [0.3, 0.4) is 0 Å². The van der Waals surface area contributed by atoms with Gasteiger partial charge in [0.15, 0.2) is 0 Å². The molecule has 0 heterocycles. The van der Waals surface area contributed by atoms with Crippen LogP contribution in [-0.4, -0.2) is 14.0 Å². The third-order valence-electron chi connectivity index (χ3n) is 0.341. The monoisotopic (exact) mass is 293 g/mol. The van der Waals surface area contributed by atoms with Crippen LogP contribution in [0.25, 0.3) is 0 Å². The summed E-state index contributed by atoms with van der Waals surface area (Å²) in [6, 6.07) is 0. The van der Waals surface area contributed by atoms with Gasteiger partial charge in [0.1, 0.15) is 0 Å². The fourth-order valence-electron chi connectivity index (χ4n) is 0. The fourth-order valence-corrected chi connectivity index (χ4v) is 0. The van der Waals surface area contributed by atoms with E-state index in [1.807, 2.05) is 6.92 Å². The van der Waals surface area contributed by atoms with Crippen LogP contribution in [0, 0.1) is 0 Å². The molecule has 0 bridgehead atoms. The SMILES string of the molecule is C[C](O)([Hg])CS. The summed E-state index contributed by atoms with van der Waals surface area (Å²) in [7, 11) is 0. The van der Waals surface area contributed by atoms with Crippen molar-refractivity contribution in [2.24, 2.45) is 0 Å². The zero-order valence-corrected chi connectivity index (χ0v) is 10.2. The summed E-state index contributed by atoms with van der Waals surface area (Å²) >= 11 is 4.34. The first-order chi connectivity index (χ1) is 2.56. The van der Waals surface area contributed by atoms with Gasteiger partial charge in [0.25, 0.3) is 0 Å². The van der Waals surface area contributed by atoms with Crippen LogP contribution in [0.5, 0.6) is 0 Å². The molecular formula is C3H7HgOS. The van der Waals surface area contributed by atoms with E-state index in [-0.39, 0.29) is 0 Å². The first-order valence-electron chi connectivity index (χ1n) is 1.75. The van der Waals surface area contributed by atoms with Gasteiger partial charge in [0.2, 0.25) is 0 Å². The van der Waals surface area contributed by atoms with Gasteiger partial charge in [-0.05, 0) is 0 Å². The maximum atomic E-state index is 8.84. The minimum atomic E-state index is -0.400. The third kappa shape index (κ3) is 5.25. The van der Waals surface area contributed by atoms with E-state index in [2.05, 4.69) is 12.6 Å². The Hall–Kier alpha value is 1.25. The molecule has 0 aliphatic heterocycles. The third-order valence-corrected chi connectivity index (χ3v) is 3.63. The zero-order valence-electron chi connectivity index (χ0n) is 3.81. The predicted octanol–water partition coefficient (Wildman–Crippen LogP) is 0.171. The Morgan fingerprint density at radius 3 is 2.17 bits per heavy atom. The topological polar surface area (TPSA) is 20.2 Å². The van der Waals surface area contributed by atoms with Crippen molar-refractivity contribution >= 4 is 12.6 Å². The summed E-state index contributed by atoms with van der Waals surface area (Å²) in [5.41, 5.74) is 0. The summed E-state index contributed by atoms with van der Waals surface area (Å²) in [6.45, 7) is 1.81. The molecule has 1 N–H and O–H groups in total. The van der Waals surface area contributed by atoms with Crippen molar-refractivity contribution in [1.29, 1.82) is 0 Å². The molecule has 0 fully saturated rings. The normalized spacial score (nSPS) is 20.2. The first kappa shape index (κ1) is 7.25. The van der Waals surface area contributed by atoms with Gasteiger partial charge in [-0.15, -0.1) is 0 Å². The molecule has 0 saturated carbocycles. The summed E-state index contributed by atoms with van der Waals surface area (Å²) in [5.74, 6) is 0.607. The van der Waals surface area contributed by atoms with Crippen LogP contribution in [0.1, 0.15) is 6.92 Å². The summed E-state index contributed by atoms with van der Waals surface area (Å²) < 4.78 is -0.400. The van der Waals surface area contributed by atoms with E-state index in [1.54, 1.807) is 0 Å². The number of hydrogen-bond donors (Lipinski definition) is 2. The average Bonchev–Trinajstić information content (AvgIpc) is 1.35. The van der Waals surface area contributed by atoms with E-state index in [0.29, 0.717) is 31.9 Å². The van der Waals surface area contributed by atoms with Crippen LogP contribution in [0.4, 0.5) is 0 Å². The molecule has 0 aromatic rings. The van der Waals surface area contributed by atoms with E-state index in [1.165, 1.54) is 0 Å². The molecule has 3 heteroatoms. The Morgan fingerprint density at radius 2 is 2.17 bits per heavy atom. The van der Waals surface area contributed by atoms with Crippen LogP contribution in [0.15, 0.2) is 0 Å². The quantitative estimate of drug-likeness (QED) is 0.521. The van der Waals surface area contributed by atoms with Gasteiger partial charge in [-0.3, -0.25) is 0 Å². The van der Waals surface area contributed by atoms with Gasteiger partial charge in [-0.1, -0.05) is 0 Å². The van der Waals surface area contributed by atoms with Crippen molar-refractivity contribution in [3.05, 3.63) is 0 Å². The fraction of sp³-hybridized carbons (Fsp3) is 1.00. The van der Waals surface area contributed by atoms with Crippen LogP contribution in [-0.2, 0) is 26.1 Å². The molecule has 0 radical (unpaired) electrons. The molecule has 33 valence electrons. The van der Waals surface area contributed by atoms with Crippen LogP contribution in [0.2, 0.25) is 0 Å².